The minimum absolute atomic E-state index is 0.0123. The summed E-state index contributed by atoms with van der Waals surface area (Å²) in [4.78, 5) is 43.5. The monoisotopic (exact) mass is 1030 g/mol. The maximum absolute atomic E-state index is 14.3. The number of phenols is 1. The predicted octanol–water partition coefficient (Wildman–Crippen LogP) is 4.87. The number of carbonyl (C=O) groups is 2. The number of hydrogen-bond donors (Lipinski definition) is 4. The molecule has 6 aromatic rings. The first-order chi connectivity index (χ1) is 36.3. The van der Waals surface area contributed by atoms with Crippen LogP contribution < -0.4 is 30.3 Å². The number of rotatable bonds is 18. The van der Waals surface area contributed by atoms with E-state index < -0.39 is 29.9 Å². The number of nitrogen functional groups attached to an aromatic ring is 1. The number of piperazine rings is 2. The van der Waals surface area contributed by atoms with Gasteiger partial charge in [0.2, 0.25) is 17.7 Å². The Hall–Kier alpha value is -7.36. The number of ether oxygens (including phenoxy) is 2. The molecule has 4 fully saturated rings. The molecule has 0 spiro atoms. The fraction of sp³-hybridized carbons (Fsp3) is 0.463. The van der Waals surface area contributed by atoms with Gasteiger partial charge >= 0.3 is 0 Å². The number of aliphatic hydroxyl groups is 1. The second-order valence-corrected chi connectivity index (χ2v) is 20.4. The van der Waals surface area contributed by atoms with Gasteiger partial charge in [0, 0.05) is 120 Å². The molecule has 4 aromatic heterocycles. The molecule has 396 valence electrons. The number of aryl methyl sites for hydroxylation is 1. The zero-order valence-corrected chi connectivity index (χ0v) is 42.8. The van der Waals surface area contributed by atoms with E-state index >= 15 is 0 Å². The SMILES string of the molecule is CC(C)[C@@H](C(=O)N1C[C@H](O)C[C@H]1C(=O)N[C@@H](C)c1ccc(-c2c(F)cnn2C)cc1)c1cc(OCCN2CCN(CCOc3cc(N4C5CCC4CN(c4cc(-c6ccccc6O)nnc4N)C5)ccn3)CC2)no1. The number of nitrogens with two attached hydrogens (primary N) is 1. The van der Waals surface area contributed by atoms with Gasteiger partial charge in [-0.25, -0.2) is 9.37 Å². The number of β-amino-alcohol motifs (C(OH)–C–C–N with tert-alkyl or cyclic N) is 1. The molecule has 10 rings (SSSR count). The van der Waals surface area contributed by atoms with E-state index in [9.17, 15) is 24.2 Å². The number of phenolic OH excluding ortho intramolecular Hbond substituents is 1. The Morgan fingerprint density at radius 2 is 1.59 bits per heavy atom. The van der Waals surface area contributed by atoms with Gasteiger partial charge in [-0.2, -0.15) is 5.10 Å². The molecule has 0 saturated carbocycles. The lowest BCUT2D eigenvalue weighted by Crippen LogP contribution is -2.54. The molecule has 2 bridgehead atoms. The highest BCUT2D eigenvalue weighted by molar-refractivity contribution is 5.91. The van der Waals surface area contributed by atoms with E-state index in [0.717, 1.165) is 75.6 Å². The number of carbonyl (C=O) groups excluding carboxylic acids is 2. The third kappa shape index (κ3) is 11.2. The minimum atomic E-state index is -0.887. The fourth-order valence-electron chi connectivity index (χ4n) is 11.2. The summed E-state index contributed by atoms with van der Waals surface area (Å²) in [5.41, 5.74) is 11.3. The van der Waals surface area contributed by atoms with Crippen LogP contribution in [0.1, 0.15) is 63.3 Å². The highest BCUT2D eigenvalue weighted by atomic mass is 19.1. The van der Waals surface area contributed by atoms with E-state index in [2.05, 4.69) is 56.4 Å². The fourth-order valence-corrected chi connectivity index (χ4v) is 11.2. The third-order valence-corrected chi connectivity index (χ3v) is 15.1. The Bertz CT molecular complexity index is 2910. The second kappa shape index (κ2) is 22.2. The number of fused-ring (bicyclic) bond motifs is 2. The van der Waals surface area contributed by atoms with Crippen LogP contribution in [-0.2, 0) is 16.6 Å². The number of aromatic hydroxyl groups is 1. The van der Waals surface area contributed by atoms with Gasteiger partial charge in [-0.05, 0) is 60.7 Å². The topological polar surface area (TPSA) is 230 Å². The Balaban J connectivity index is 0.656. The van der Waals surface area contributed by atoms with E-state index in [-0.39, 0.29) is 54.4 Å². The Labute approximate surface area is 435 Å². The first-order valence-corrected chi connectivity index (χ1v) is 25.9. The van der Waals surface area contributed by atoms with Crippen molar-refractivity contribution in [2.24, 2.45) is 13.0 Å². The number of anilines is 3. The van der Waals surface area contributed by atoms with Crippen LogP contribution >= 0.6 is 0 Å². The highest BCUT2D eigenvalue weighted by Crippen LogP contribution is 2.40. The Morgan fingerprint density at radius 3 is 2.25 bits per heavy atom. The second-order valence-electron chi connectivity index (χ2n) is 20.4. The standard InChI is InChI=1S/C54H66FN13O7/c1-33(2)50(54(72)67-32-40(69)26-45(67)53(71)59-34(3)35-9-11-36(12-10-35)51-42(55)29-58-63(51)4)47-28-49(62-75-47)74-24-22-65-19-17-64(18-20-65)21-23-73-48-25-37(15-16-57-48)68-38-13-14-39(68)31-66(30-38)44-27-43(60-61-52(44)56)41-7-5-6-8-46(41)70/h5-12,15-16,25,27-29,33-34,38-40,45,50,69-70H,13-14,17-24,26,30-32H2,1-4H3,(H2,56,61)(H,59,71)/t34-,38?,39?,40+,45-,50+/m0/s1. The largest absolute Gasteiger partial charge is 0.507 e. The highest BCUT2D eigenvalue weighted by Gasteiger charge is 2.44. The lowest BCUT2D eigenvalue weighted by Gasteiger charge is -2.43. The van der Waals surface area contributed by atoms with E-state index in [1.165, 1.54) is 15.8 Å². The van der Waals surface area contributed by atoms with Crippen molar-refractivity contribution in [3.05, 3.63) is 102 Å². The summed E-state index contributed by atoms with van der Waals surface area (Å²) >= 11 is 0. The molecule has 4 saturated heterocycles. The smallest absolute Gasteiger partial charge is 0.254 e. The molecule has 4 aliphatic rings. The number of para-hydroxylation sites is 1. The quantitative estimate of drug-likeness (QED) is 0.0901. The van der Waals surface area contributed by atoms with E-state index in [0.29, 0.717) is 59.7 Å². The summed E-state index contributed by atoms with van der Waals surface area (Å²) in [5, 5.41) is 40.8. The summed E-state index contributed by atoms with van der Waals surface area (Å²) in [6.07, 6.45) is 4.34. The molecule has 0 aliphatic carbocycles. The summed E-state index contributed by atoms with van der Waals surface area (Å²) in [6.45, 7) is 13.1. The Morgan fingerprint density at radius 1 is 0.893 bits per heavy atom. The molecule has 8 heterocycles. The van der Waals surface area contributed by atoms with Crippen molar-refractivity contribution in [1.29, 1.82) is 0 Å². The number of aliphatic hydroxyl groups excluding tert-OH is 1. The first-order valence-electron chi connectivity index (χ1n) is 25.9. The molecular weight excluding hydrogens is 962 g/mol. The number of benzene rings is 2. The van der Waals surface area contributed by atoms with Crippen LogP contribution in [0.15, 0.2) is 89.7 Å². The summed E-state index contributed by atoms with van der Waals surface area (Å²) in [6, 6.07) is 21.2. The van der Waals surface area contributed by atoms with Crippen LogP contribution in [-0.4, -0.2) is 163 Å². The summed E-state index contributed by atoms with van der Waals surface area (Å²) in [7, 11) is 1.67. The normalized spacial score (nSPS) is 20.9. The third-order valence-electron chi connectivity index (χ3n) is 15.1. The predicted molar refractivity (Wildman–Crippen MR) is 279 cm³/mol. The molecule has 20 nitrogen and oxygen atoms in total. The molecule has 21 heteroatoms. The van der Waals surface area contributed by atoms with Crippen molar-refractivity contribution >= 4 is 29.0 Å². The van der Waals surface area contributed by atoms with Crippen LogP contribution in [0.2, 0.25) is 0 Å². The maximum Gasteiger partial charge on any atom is 0.254 e. The number of nitrogens with one attached hydrogen (secondary N) is 1. The van der Waals surface area contributed by atoms with E-state index in [4.69, 9.17) is 19.7 Å². The Kier molecular flexibility index (Phi) is 15.2. The van der Waals surface area contributed by atoms with Crippen LogP contribution in [0.5, 0.6) is 17.5 Å². The average Bonchev–Trinajstić information content (AvgIpc) is 4.19. The van der Waals surface area contributed by atoms with Gasteiger partial charge in [0.1, 0.15) is 36.6 Å². The van der Waals surface area contributed by atoms with Gasteiger partial charge < -0.3 is 50.0 Å². The lowest BCUT2D eigenvalue weighted by atomic mass is 9.91. The van der Waals surface area contributed by atoms with Gasteiger partial charge in [-0.15, -0.1) is 10.2 Å². The molecule has 75 heavy (non-hydrogen) atoms. The average molecular weight is 1030 g/mol. The van der Waals surface area contributed by atoms with Crippen LogP contribution in [0.3, 0.4) is 0 Å². The number of hydrogen-bond acceptors (Lipinski definition) is 17. The molecule has 2 amide bonds. The molecule has 0 radical (unpaired) electrons. The van der Waals surface area contributed by atoms with Crippen LogP contribution in [0.4, 0.5) is 21.6 Å². The van der Waals surface area contributed by atoms with Crippen molar-refractivity contribution < 1.29 is 38.2 Å². The van der Waals surface area contributed by atoms with E-state index in [1.54, 1.807) is 37.4 Å². The van der Waals surface area contributed by atoms with Crippen molar-refractivity contribution in [3.63, 3.8) is 0 Å². The van der Waals surface area contributed by atoms with Crippen LogP contribution in [0.25, 0.3) is 22.5 Å². The first kappa shape index (κ1) is 51.1. The molecular formula is C54H66FN13O7. The van der Waals surface area contributed by atoms with Crippen molar-refractivity contribution in [2.75, 3.05) is 87.7 Å². The van der Waals surface area contributed by atoms with Gasteiger partial charge in [-0.1, -0.05) is 50.2 Å². The van der Waals surface area contributed by atoms with E-state index in [1.807, 2.05) is 63.4 Å². The van der Waals surface area contributed by atoms with Gasteiger partial charge in [0.15, 0.2) is 17.4 Å². The number of likely N-dealkylation sites (tertiary alicyclic amines) is 1. The van der Waals surface area contributed by atoms with Gasteiger partial charge in [-0.3, -0.25) is 24.1 Å². The van der Waals surface area contributed by atoms with Gasteiger partial charge in [0.25, 0.3) is 5.88 Å². The van der Waals surface area contributed by atoms with Crippen molar-refractivity contribution in [2.45, 2.75) is 76.2 Å². The lowest BCUT2D eigenvalue weighted by molar-refractivity contribution is -0.141. The molecule has 2 aromatic carbocycles. The molecule has 2 unspecified atom stereocenters. The number of amides is 2. The van der Waals surface area contributed by atoms with Crippen molar-refractivity contribution in [3.8, 4) is 40.0 Å². The number of aromatic nitrogens is 6. The zero-order valence-electron chi connectivity index (χ0n) is 42.8. The van der Waals surface area contributed by atoms with Crippen LogP contribution in [0, 0.1) is 11.7 Å². The number of nitrogens with zero attached hydrogens (tertiary/aromatic N) is 11. The molecule has 6 atom stereocenters. The number of pyridine rings is 1. The maximum atomic E-state index is 14.3. The summed E-state index contributed by atoms with van der Waals surface area (Å²) < 4.78 is 33.8. The van der Waals surface area contributed by atoms with Crippen molar-refractivity contribution in [1.82, 2.24) is 50.1 Å². The zero-order chi connectivity index (χ0) is 52.3. The summed E-state index contributed by atoms with van der Waals surface area (Å²) in [5.74, 6) is -0.361. The number of halogens is 1. The molecule has 5 N–H and O–H groups in total. The molecule has 4 aliphatic heterocycles. The minimum Gasteiger partial charge on any atom is -0.507 e. The van der Waals surface area contributed by atoms with Gasteiger partial charge in [0.05, 0.1) is 29.7 Å².